The molecule has 0 amide bonds. The third kappa shape index (κ3) is 8.61. The Balaban J connectivity index is 1.49. The van der Waals surface area contributed by atoms with Crippen molar-refractivity contribution in [2.45, 2.75) is 57.4 Å². The lowest BCUT2D eigenvalue weighted by Crippen LogP contribution is -2.45. The molecule has 3 rings (SSSR count). The first kappa shape index (κ1) is 27.1. The van der Waals surface area contributed by atoms with Crippen LogP contribution in [0, 0.1) is 0 Å². The van der Waals surface area contributed by atoms with Gasteiger partial charge in [-0.15, -0.1) is 0 Å². The van der Waals surface area contributed by atoms with E-state index in [1.807, 2.05) is 0 Å². The van der Waals surface area contributed by atoms with Gasteiger partial charge in [-0.3, -0.25) is 5.32 Å². The fraction of sp³-hybridized carbons (Fsp3) is 0.438. The molecule has 0 aliphatic heterocycles. The van der Waals surface area contributed by atoms with Crippen molar-refractivity contribution in [1.82, 2.24) is 16.0 Å². The molecule has 3 heteroatoms. The van der Waals surface area contributed by atoms with Gasteiger partial charge in [0.2, 0.25) is 0 Å². The molecule has 0 fully saturated rings. The number of benzene rings is 3. The molecule has 3 N–H and O–H groups in total. The van der Waals surface area contributed by atoms with E-state index in [4.69, 9.17) is 0 Å². The molecular formula is C32H45N3. The summed E-state index contributed by atoms with van der Waals surface area (Å²) in [7, 11) is 0. The Hall–Kier alpha value is -2.46. The summed E-state index contributed by atoms with van der Waals surface area (Å²) in [6, 6.07) is 32.5. The monoisotopic (exact) mass is 471 g/mol. The highest BCUT2D eigenvalue weighted by Crippen LogP contribution is 2.36. The maximum Gasteiger partial charge on any atom is 0.0947 e. The third-order valence-electron chi connectivity index (χ3n) is 6.71. The van der Waals surface area contributed by atoms with E-state index in [0.717, 1.165) is 32.6 Å². The van der Waals surface area contributed by atoms with E-state index in [2.05, 4.69) is 114 Å². The van der Waals surface area contributed by atoms with Crippen LogP contribution in [-0.4, -0.2) is 32.7 Å². The highest BCUT2D eigenvalue weighted by molar-refractivity contribution is 5.49. The summed E-state index contributed by atoms with van der Waals surface area (Å²) in [4.78, 5) is 0. The lowest BCUT2D eigenvalue weighted by atomic mass is 9.77. The van der Waals surface area contributed by atoms with Gasteiger partial charge in [0, 0.05) is 0 Å². The average molecular weight is 472 g/mol. The maximum absolute atomic E-state index is 3.97. The van der Waals surface area contributed by atoms with Gasteiger partial charge in [0.05, 0.1) is 5.54 Å². The van der Waals surface area contributed by atoms with Crippen molar-refractivity contribution in [2.24, 2.45) is 0 Å². The van der Waals surface area contributed by atoms with E-state index in [-0.39, 0.29) is 5.54 Å². The minimum Gasteiger partial charge on any atom is -0.317 e. The zero-order chi connectivity index (χ0) is 24.4. The molecule has 0 bridgehead atoms. The molecule has 0 heterocycles. The minimum absolute atomic E-state index is 0.368. The molecule has 0 aliphatic rings. The van der Waals surface area contributed by atoms with Gasteiger partial charge in [-0.05, 0) is 75.1 Å². The molecule has 188 valence electrons. The van der Waals surface area contributed by atoms with Gasteiger partial charge in [-0.1, -0.05) is 117 Å². The van der Waals surface area contributed by atoms with E-state index < -0.39 is 0 Å². The Kier molecular flexibility index (Phi) is 12.6. The van der Waals surface area contributed by atoms with Crippen LogP contribution >= 0.6 is 0 Å². The predicted molar refractivity (Wildman–Crippen MR) is 151 cm³/mol. The molecule has 3 aromatic carbocycles. The molecule has 3 aromatic rings. The first-order chi connectivity index (χ1) is 17.4. The van der Waals surface area contributed by atoms with Crippen LogP contribution in [0.5, 0.6) is 0 Å². The molecule has 0 radical (unpaired) electrons. The van der Waals surface area contributed by atoms with Gasteiger partial charge in [-0.25, -0.2) is 0 Å². The van der Waals surface area contributed by atoms with Crippen LogP contribution in [-0.2, 0) is 5.54 Å². The van der Waals surface area contributed by atoms with Crippen molar-refractivity contribution in [3.63, 3.8) is 0 Å². The highest BCUT2D eigenvalue weighted by Gasteiger charge is 2.35. The summed E-state index contributed by atoms with van der Waals surface area (Å²) in [6.45, 7) is 7.65. The second kappa shape index (κ2) is 16.3. The Morgan fingerprint density at radius 2 is 0.857 bits per heavy atom. The predicted octanol–water partition coefficient (Wildman–Crippen LogP) is 6.50. The zero-order valence-corrected chi connectivity index (χ0v) is 21.6. The van der Waals surface area contributed by atoms with E-state index in [1.165, 1.54) is 61.8 Å². The first-order valence-electron chi connectivity index (χ1n) is 13.7. The lowest BCUT2D eigenvalue weighted by molar-refractivity contribution is 0.458. The summed E-state index contributed by atoms with van der Waals surface area (Å²) >= 11 is 0. The molecule has 0 unspecified atom stereocenters. The van der Waals surface area contributed by atoms with Crippen molar-refractivity contribution in [3.8, 4) is 0 Å². The van der Waals surface area contributed by atoms with Crippen molar-refractivity contribution < 1.29 is 0 Å². The number of rotatable bonds is 18. The Morgan fingerprint density at radius 1 is 0.457 bits per heavy atom. The maximum atomic E-state index is 3.97. The second-order valence-corrected chi connectivity index (χ2v) is 9.40. The number of hydrogen-bond acceptors (Lipinski definition) is 3. The van der Waals surface area contributed by atoms with Gasteiger partial charge in [0.25, 0.3) is 0 Å². The van der Waals surface area contributed by atoms with Crippen molar-refractivity contribution in [3.05, 3.63) is 108 Å². The molecule has 0 saturated heterocycles. The summed E-state index contributed by atoms with van der Waals surface area (Å²) in [5.41, 5.74) is 3.44. The summed E-state index contributed by atoms with van der Waals surface area (Å²) in [5, 5.41) is 11.2. The Morgan fingerprint density at radius 3 is 1.29 bits per heavy atom. The molecule has 0 atom stereocenters. The molecule has 0 spiro atoms. The molecule has 0 aliphatic carbocycles. The van der Waals surface area contributed by atoms with Crippen molar-refractivity contribution in [2.75, 3.05) is 32.7 Å². The largest absolute Gasteiger partial charge is 0.317 e. The van der Waals surface area contributed by atoms with E-state index in [0.29, 0.717) is 0 Å². The van der Waals surface area contributed by atoms with Crippen LogP contribution in [0.1, 0.15) is 68.6 Å². The van der Waals surface area contributed by atoms with Crippen LogP contribution in [0.3, 0.4) is 0 Å². The molecule has 35 heavy (non-hydrogen) atoms. The summed E-state index contributed by atoms with van der Waals surface area (Å²) < 4.78 is 0. The summed E-state index contributed by atoms with van der Waals surface area (Å²) in [5.74, 6) is 0. The van der Waals surface area contributed by atoms with E-state index in [1.54, 1.807) is 0 Å². The Bertz CT molecular complexity index is 799. The molecule has 0 aromatic heterocycles. The topological polar surface area (TPSA) is 36.1 Å². The molecule has 0 saturated carbocycles. The van der Waals surface area contributed by atoms with Crippen LogP contribution in [0.15, 0.2) is 91.0 Å². The smallest absolute Gasteiger partial charge is 0.0947 e. The standard InChI is InChI=1S/C32H45N3/c1-2-3-4-14-24-33-25-15-16-26-34-27-17-28-35-32(29-18-8-5-9-19-29,30-20-10-6-11-21-30)31-22-12-7-13-23-31/h5-13,18-23,33-35H,2-4,14-17,24-28H2,1H3. The fourth-order valence-corrected chi connectivity index (χ4v) is 4.79. The lowest BCUT2D eigenvalue weighted by Gasteiger charge is -2.37. The van der Waals surface area contributed by atoms with Crippen molar-refractivity contribution >= 4 is 0 Å². The van der Waals surface area contributed by atoms with Gasteiger partial charge >= 0.3 is 0 Å². The first-order valence-corrected chi connectivity index (χ1v) is 13.7. The Labute approximate surface area is 213 Å². The molecule has 3 nitrogen and oxygen atoms in total. The normalized spacial score (nSPS) is 11.6. The molecular weight excluding hydrogens is 426 g/mol. The number of unbranched alkanes of at least 4 members (excludes halogenated alkanes) is 4. The van der Waals surface area contributed by atoms with Crippen LogP contribution in [0.25, 0.3) is 0 Å². The average Bonchev–Trinajstić information content (AvgIpc) is 2.93. The third-order valence-corrected chi connectivity index (χ3v) is 6.71. The van der Waals surface area contributed by atoms with Crippen LogP contribution in [0.4, 0.5) is 0 Å². The van der Waals surface area contributed by atoms with Gasteiger partial charge in [0.15, 0.2) is 0 Å². The van der Waals surface area contributed by atoms with E-state index >= 15 is 0 Å². The fourth-order valence-electron chi connectivity index (χ4n) is 4.79. The van der Waals surface area contributed by atoms with E-state index in [9.17, 15) is 0 Å². The minimum atomic E-state index is -0.368. The number of hydrogen-bond donors (Lipinski definition) is 3. The second-order valence-electron chi connectivity index (χ2n) is 9.40. The van der Waals surface area contributed by atoms with Gasteiger partial charge in [0.1, 0.15) is 0 Å². The number of nitrogens with one attached hydrogen (secondary N) is 3. The summed E-state index contributed by atoms with van der Waals surface area (Å²) in [6.07, 6.45) is 8.92. The van der Waals surface area contributed by atoms with Gasteiger partial charge in [-0.2, -0.15) is 0 Å². The quantitative estimate of drug-likeness (QED) is 0.146. The SMILES string of the molecule is CCCCCCNCCCCNCCCNC(c1ccccc1)(c1ccccc1)c1ccccc1. The highest BCUT2D eigenvalue weighted by atomic mass is 15.0. The van der Waals surface area contributed by atoms with Crippen LogP contribution in [0.2, 0.25) is 0 Å². The van der Waals surface area contributed by atoms with Crippen LogP contribution < -0.4 is 16.0 Å². The van der Waals surface area contributed by atoms with Crippen molar-refractivity contribution in [1.29, 1.82) is 0 Å². The zero-order valence-electron chi connectivity index (χ0n) is 21.6. The van der Waals surface area contributed by atoms with Gasteiger partial charge < -0.3 is 10.6 Å².